The Morgan fingerprint density at radius 2 is 2.00 bits per heavy atom. The van der Waals surface area contributed by atoms with Gasteiger partial charge in [0, 0.05) is 56.4 Å². The van der Waals surface area contributed by atoms with Gasteiger partial charge in [0.2, 0.25) is 0 Å². The highest BCUT2D eigenvalue weighted by Crippen LogP contribution is 2.31. The topological polar surface area (TPSA) is 71.8 Å². The van der Waals surface area contributed by atoms with Crippen molar-refractivity contribution in [2.75, 3.05) is 18.4 Å². The second-order valence-electron chi connectivity index (χ2n) is 7.18. The van der Waals surface area contributed by atoms with Crippen molar-refractivity contribution >= 4 is 11.6 Å². The second-order valence-corrected chi connectivity index (χ2v) is 7.18. The molecule has 1 saturated heterocycles. The van der Waals surface area contributed by atoms with Gasteiger partial charge in [-0.25, -0.2) is 9.97 Å². The molecule has 7 nitrogen and oxygen atoms in total. The normalized spacial score (nSPS) is 17.8. The first-order valence-corrected chi connectivity index (χ1v) is 9.38. The van der Waals surface area contributed by atoms with E-state index in [-0.39, 0.29) is 0 Å². The Morgan fingerprint density at radius 1 is 1.15 bits per heavy atom. The summed E-state index contributed by atoms with van der Waals surface area (Å²) >= 11 is 0. The number of nitrogens with zero attached hydrogens (tertiary/aromatic N) is 6. The lowest BCUT2D eigenvalue weighted by molar-refractivity contribution is 0.198. The molecule has 4 heterocycles. The van der Waals surface area contributed by atoms with Crippen molar-refractivity contribution in [2.45, 2.75) is 32.2 Å². The first kappa shape index (κ1) is 17.6. The van der Waals surface area contributed by atoms with Gasteiger partial charge >= 0.3 is 0 Å². The molecule has 0 bridgehead atoms. The van der Waals surface area contributed by atoms with Crippen LogP contribution in [-0.2, 0) is 13.6 Å². The van der Waals surface area contributed by atoms with E-state index in [0.717, 1.165) is 55.4 Å². The van der Waals surface area contributed by atoms with Crippen LogP contribution in [-0.4, -0.2) is 42.7 Å². The number of hydrogen-bond acceptors (Lipinski definition) is 6. The molecule has 7 heteroatoms. The average Bonchev–Trinajstić information content (AvgIpc) is 3.09. The number of rotatable bonds is 5. The number of hydrogen-bond donors (Lipinski definition) is 1. The molecule has 4 rings (SSSR count). The predicted molar refractivity (Wildman–Crippen MR) is 105 cm³/mol. The zero-order valence-electron chi connectivity index (χ0n) is 15.8. The minimum atomic E-state index is 0.357. The van der Waals surface area contributed by atoms with E-state index in [1.165, 1.54) is 5.56 Å². The summed E-state index contributed by atoms with van der Waals surface area (Å²) in [5.74, 6) is 2.01. The van der Waals surface area contributed by atoms with E-state index >= 15 is 0 Å². The molecule has 140 valence electrons. The fourth-order valence-corrected chi connectivity index (χ4v) is 3.71. The lowest BCUT2D eigenvalue weighted by Gasteiger charge is -2.32. The maximum absolute atomic E-state index is 4.68. The molecule has 27 heavy (non-hydrogen) atoms. The van der Waals surface area contributed by atoms with Gasteiger partial charge in [0.1, 0.15) is 5.82 Å². The zero-order chi connectivity index (χ0) is 18.6. The van der Waals surface area contributed by atoms with E-state index in [4.69, 9.17) is 0 Å². The summed E-state index contributed by atoms with van der Waals surface area (Å²) in [5.41, 5.74) is 3.37. The number of pyridine rings is 1. The Morgan fingerprint density at radius 3 is 2.81 bits per heavy atom. The van der Waals surface area contributed by atoms with E-state index in [2.05, 4.69) is 36.5 Å². The monoisotopic (exact) mass is 363 g/mol. The number of aryl methyl sites for hydroxylation is 2. The molecular weight excluding hydrogens is 338 g/mol. The molecule has 1 aliphatic heterocycles. The molecule has 0 aromatic carbocycles. The third-order valence-electron chi connectivity index (χ3n) is 5.03. The van der Waals surface area contributed by atoms with Crippen molar-refractivity contribution in [3.63, 3.8) is 0 Å². The van der Waals surface area contributed by atoms with Crippen LogP contribution in [0.3, 0.4) is 0 Å². The SMILES string of the molecule is Cc1cccnc1Nc1nccnc1[C@@H]1CCCN(Cc2cnn(C)c2)C1. The number of nitrogens with one attached hydrogen (secondary N) is 1. The van der Waals surface area contributed by atoms with Crippen molar-refractivity contribution in [1.29, 1.82) is 0 Å². The van der Waals surface area contributed by atoms with Crippen molar-refractivity contribution in [3.8, 4) is 0 Å². The van der Waals surface area contributed by atoms with Gasteiger partial charge in [0.25, 0.3) is 0 Å². The van der Waals surface area contributed by atoms with Gasteiger partial charge < -0.3 is 5.32 Å². The maximum atomic E-state index is 4.68. The van der Waals surface area contributed by atoms with E-state index in [0.29, 0.717) is 5.92 Å². The van der Waals surface area contributed by atoms with Crippen molar-refractivity contribution in [3.05, 3.63) is 59.9 Å². The van der Waals surface area contributed by atoms with E-state index < -0.39 is 0 Å². The van der Waals surface area contributed by atoms with Gasteiger partial charge in [-0.15, -0.1) is 0 Å². The molecule has 0 saturated carbocycles. The predicted octanol–water partition coefficient (Wildman–Crippen LogP) is 3.04. The molecule has 0 amide bonds. The van der Waals surface area contributed by atoms with Crippen molar-refractivity contribution in [2.24, 2.45) is 7.05 Å². The average molecular weight is 363 g/mol. The van der Waals surface area contributed by atoms with Crippen molar-refractivity contribution in [1.82, 2.24) is 29.6 Å². The number of likely N-dealkylation sites (tertiary alicyclic amines) is 1. The third-order valence-corrected chi connectivity index (χ3v) is 5.03. The lowest BCUT2D eigenvalue weighted by atomic mass is 9.94. The number of aromatic nitrogens is 5. The Bertz CT molecular complexity index is 905. The quantitative estimate of drug-likeness (QED) is 0.751. The smallest absolute Gasteiger partial charge is 0.153 e. The summed E-state index contributed by atoms with van der Waals surface area (Å²) in [5, 5.41) is 7.67. The molecule has 1 fully saturated rings. The molecule has 1 atom stereocenters. The summed E-state index contributed by atoms with van der Waals surface area (Å²) in [6.07, 6.45) is 11.6. The highest BCUT2D eigenvalue weighted by Gasteiger charge is 2.25. The largest absolute Gasteiger partial charge is 0.323 e. The van der Waals surface area contributed by atoms with Crippen LogP contribution >= 0.6 is 0 Å². The maximum Gasteiger partial charge on any atom is 0.153 e. The summed E-state index contributed by atoms with van der Waals surface area (Å²) < 4.78 is 1.86. The fraction of sp³-hybridized carbons (Fsp3) is 0.400. The van der Waals surface area contributed by atoms with Crippen LogP contribution in [0, 0.1) is 6.92 Å². The highest BCUT2D eigenvalue weighted by atomic mass is 15.2. The van der Waals surface area contributed by atoms with Crippen LogP contribution in [0.4, 0.5) is 11.6 Å². The first-order chi connectivity index (χ1) is 13.2. The Kier molecular flexibility index (Phi) is 5.11. The van der Waals surface area contributed by atoms with Crippen LogP contribution < -0.4 is 5.32 Å². The minimum Gasteiger partial charge on any atom is -0.323 e. The van der Waals surface area contributed by atoms with Gasteiger partial charge in [-0.1, -0.05) is 6.07 Å². The van der Waals surface area contributed by atoms with Crippen LogP contribution in [0.2, 0.25) is 0 Å². The van der Waals surface area contributed by atoms with Crippen LogP contribution in [0.25, 0.3) is 0 Å². The molecule has 1 aliphatic rings. The van der Waals surface area contributed by atoms with Gasteiger partial charge in [0.05, 0.1) is 11.9 Å². The van der Waals surface area contributed by atoms with Gasteiger partial charge in [-0.2, -0.15) is 5.10 Å². The third kappa shape index (κ3) is 4.14. The molecule has 0 radical (unpaired) electrons. The molecule has 0 spiro atoms. The van der Waals surface area contributed by atoms with Crippen LogP contribution in [0.5, 0.6) is 0 Å². The lowest BCUT2D eigenvalue weighted by Crippen LogP contribution is -2.34. The number of piperidine rings is 1. The standard InChI is InChI=1S/C20H25N7/c1-15-5-3-7-22-19(15)25-20-18(21-8-9-23-20)17-6-4-10-27(14-17)13-16-11-24-26(2)12-16/h3,5,7-9,11-12,17H,4,6,10,13-14H2,1-2H3,(H,22,23,25)/t17-/m1/s1. The van der Waals surface area contributed by atoms with Gasteiger partial charge in [0.15, 0.2) is 5.82 Å². The van der Waals surface area contributed by atoms with Gasteiger partial charge in [-0.3, -0.25) is 14.6 Å². The van der Waals surface area contributed by atoms with Crippen LogP contribution in [0.1, 0.15) is 35.6 Å². The zero-order valence-corrected chi connectivity index (χ0v) is 15.8. The van der Waals surface area contributed by atoms with E-state index in [1.807, 2.05) is 37.0 Å². The summed E-state index contributed by atoms with van der Waals surface area (Å²) in [7, 11) is 1.96. The summed E-state index contributed by atoms with van der Waals surface area (Å²) in [6, 6.07) is 3.98. The highest BCUT2D eigenvalue weighted by molar-refractivity contribution is 5.57. The molecule has 0 unspecified atom stereocenters. The van der Waals surface area contributed by atoms with Crippen LogP contribution in [0.15, 0.2) is 43.1 Å². The summed E-state index contributed by atoms with van der Waals surface area (Å²) in [4.78, 5) is 16.2. The Balaban J connectivity index is 1.51. The fourth-order valence-electron chi connectivity index (χ4n) is 3.71. The van der Waals surface area contributed by atoms with Crippen molar-refractivity contribution < 1.29 is 0 Å². The van der Waals surface area contributed by atoms with Gasteiger partial charge in [-0.05, 0) is 37.9 Å². The first-order valence-electron chi connectivity index (χ1n) is 9.38. The van der Waals surface area contributed by atoms with E-state index in [1.54, 1.807) is 18.6 Å². The minimum absolute atomic E-state index is 0.357. The molecular formula is C20H25N7. The number of anilines is 2. The molecule has 3 aromatic heterocycles. The Hall–Kier alpha value is -2.80. The Labute approximate surface area is 159 Å². The van der Waals surface area contributed by atoms with E-state index in [9.17, 15) is 0 Å². The summed E-state index contributed by atoms with van der Waals surface area (Å²) in [6.45, 7) is 5.05. The molecule has 1 N–H and O–H groups in total. The molecule has 3 aromatic rings. The molecule has 0 aliphatic carbocycles. The second kappa shape index (κ2) is 7.84.